The van der Waals surface area contributed by atoms with E-state index in [4.69, 9.17) is 4.74 Å². The van der Waals surface area contributed by atoms with Crippen LogP contribution in [0, 0.1) is 17.8 Å². The van der Waals surface area contributed by atoms with Crippen LogP contribution in [0.15, 0.2) is 0 Å². The Morgan fingerprint density at radius 1 is 1.08 bits per heavy atom. The molecule has 2 amide bonds. The zero-order valence-electron chi connectivity index (χ0n) is 15.2. The predicted molar refractivity (Wildman–Crippen MR) is 89.2 cm³/mol. The summed E-state index contributed by atoms with van der Waals surface area (Å²) in [5, 5.41) is 0. The van der Waals surface area contributed by atoms with Crippen molar-refractivity contribution in [1.29, 1.82) is 0 Å². The number of amides is 2. The maximum Gasteiger partial charge on any atom is 0.233 e. The van der Waals surface area contributed by atoms with Crippen LogP contribution < -0.4 is 0 Å². The molecule has 1 rings (SSSR count). The third-order valence-corrected chi connectivity index (χ3v) is 4.36. The average Bonchev–Trinajstić information content (AvgIpc) is 2.79. The Labute approximate surface area is 143 Å². The number of imide groups is 1. The molecule has 1 atom stereocenters. The molecular weight excluding hydrogens is 310 g/mol. The van der Waals surface area contributed by atoms with Crippen LogP contribution >= 0.6 is 0 Å². The number of carbonyl (C=O) groups is 4. The molecule has 1 aliphatic heterocycles. The maximum atomic E-state index is 12.1. The summed E-state index contributed by atoms with van der Waals surface area (Å²) >= 11 is 0. The lowest BCUT2D eigenvalue weighted by molar-refractivity contribution is -0.140. The average molecular weight is 339 g/mol. The first-order valence-electron chi connectivity index (χ1n) is 8.70. The van der Waals surface area contributed by atoms with E-state index < -0.39 is 0 Å². The van der Waals surface area contributed by atoms with Crippen molar-refractivity contribution in [2.24, 2.45) is 17.8 Å². The van der Waals surface area contributed by atoms with E-state index in [1.807, 2.05) is 27.7 Å². The van der Waals surface area contributed by atoms with Gasteiger partial charge in [-0.2, -0.15) is 0 Å². The van der Waals surface area contributed by atoms with Crippen LogP contribution in [-0.2, 0) is 23.9 Å². The zero-order chi connectivity index (χ0) is 18.3. The van der Waals surface area contributed by atoms with Gasteiger partial charge in [-0.25, -0.2) is 0 Å². The number of Topliss-reactive ketones (excluding diaryl/α,β-unsaturated/α-hetero) is 2. The molecule has 0 aromatic heterocycles. The van der Waals surface area contributed by atoms with E-state index >= 15 is 0 Å². The fourth-order valence-corrected chi connectivity index (χ4v) is 2.58. The van der Waals surface area contributed by atoms with E-state index in [0.717, 1.165) is 0 Å². The minimum absolute atomic E-state index is 0.000400. The van der Waals surface area contributed by atoms with Crippen LogP contribution in [0.25, 0.3) is 0 Å². The molecule has 6 heteroatoms. The topological polar surface area (TPSA) is 80.8 Å². The monoisotopic (exact) mass is 339 g/mol. The third kappa shape index (κ3) is 6.15. The molecule has 0 bridgehead atoms. The molecule has 1 saturated heterocycles. The van der Waals surface area contributed by atoms with Gasteiger partial charge in [-0.15, -0.1) is 0 Å². The highest BCUT2D eigenvalue weighted by atomic mass is 16.5. The molecule has 1 heterocycles. The van der Waals surface area contributed by atoms with Crippen LogP contribution in [0.1, 0.15) is 53.4 Å². The molecule has 1 aliphatic rings. The number of carbonyl (C=O) groups excluding carboxylic acids is 4. The summed E-state index contributed by atoms with van der Waals surface area (Å²) < 4.78 is 5.30. The lowest BCUT2D eigenvalue weighted by Crippen LogP contribution is -2.33. The van der Waals surface area contributed by atoms with Crippen molar-refractivity contribution in [3.63, 3.8) is 0 Å². The predicted octanol–water partition coefficient (Wildman–Crippen LogP) is 2.00. The molecule has 1 fully saturated rings. The van der Waals surface area contributed by atoms with E-state index in [2.05, 4.69) is 0 Å². The number of rotatable bonds is 11. The van der Waals surface area contributed by atoms with Gasteiger partial charge in [0.05, 0.1) is 13.2 Å². The van der Waals surface area contributed by atoms with Gasteiger partial charge in [-0.1, -0.05) is 27.7 Å². The Hall–Kier alpha value is -1.56. The second-order valence-electron chi connectivity index (χ2n) is 6.96. The molecule has 0 N–H and O–H groups in total. The van der Waals surface area contributed by atoms with E-state index in [1.165, 1.54) is 4.90 Å². The van der Waals surface area contributed by atoms with Gasteiger partial charge in [0, 0.05) is 44.1 Å². The molecule has 136 valence electrons. The van der Waals surface area contributed by atoms with Crippen LogP contribution in [0.4, 0.5) is 0 Å². The quantitative estimate of drug-likeness (QED) is 0.425. The molecule has 0 saturated carbocycles. The van der Waals surface area contributed by atoms with Crippen LogP contribution in [0.2, 0.25) is 0 Å². The van der Waals surface area contributed by atoms with E-state index in [1.54, 1.807) is 0 Å². The van der Waals surface area contributed by atoms with Crippen LogP contribution in [-0.4, -0.2) is 48.0 Å². The molecule has 0 radical (unpaired) electrons. The van der Waals surface area contributed by atoms with Crippen molar-refractivity contribution in [3.8, 4) is 0 Å². The number of likely N-dealkylation sites (tertiary alicyclic amines) is 1. The number of ether oxygens (including phenoxy) is 1. The minimum atomic E-state index is -0.255. The molecule has 6 nitrogen and oxygen atoms in total. The van der Waals surface area contributed by atoms with Gasteiger partial charge < -0.3 is 4.74 Å². The van der Waals surface area contributed by atoms with Gasteiger partial charge >= 0.3 is 0 Å². The summed E-state index contributed by atoms with van der Waals surface area (Å²) in [7, 11) is 0. The Balaban J connectivity index is 2.21. The molecule has 24 heavy (non-hydrogen) atoms. The highest BCUT2D eigenvalue weighted by Crippen LogP contribution is 2.26. The van der Waals surface area contributed by atoms with Gasteiger partial charge in [0.1, 0.15) is 11.6 Å². The number of ketones is 2. The second-order valence-corrected chi connectivity index (χ2v) is 6.96. The summed E-state index contributed by atoms with van der Waals surface area (Å²) in [5.74, 6) is -0.369. The van der Waals surface area contributed by atoms with Crippen molar-refractivity contribution in [1.82, 2.24) is 4.90 Å². The molecule has 1 unspecified atom stereocenters. The first kappa shape index (κ1) is 20.5. The fraction of sp³-hybridized carbons (Fsp3) is 0.778. The molecular formula is C18H29NO5. The van der Waals surface area contributed by atoms with Crippen LogP contribution in [0.3, 0.4) is 0 Å². The Bertz CT molecular complexity index is 484. The first-order chi connectivity index (χ1) is 11.2. The van der Waals surface area contributed by atoms with Crippen molar-refractivity contribution in [2.75, 3.05) is 19.8 Å². The largest absolute Gasteiger partial charge is 0.381 e. The SMILES string of the molecule is CC(C)C(=O)CCOCCC(=O)CCN1C(=O)CC(C(C)C)C1=O. The summed E-state index contributed by atoms with van der Waals surface area (Å²) in [6.07, 6.45) is 1.01. The lowest BCUT2D eigenvalue weighted by Gasteiger charge is -2.16. The zero-order valence-corrected chi connectivity index (χ0v) is 15.2. The second kappa shape index (κ2) is 9.67. The van der Waals surface area contributed by atoms with Gasteiger partial charge in [-0.05, 0) is 5.92 Å². The summed E-state index contributed by atoms with van der Waals surface area (Å²) in [6.45, 7) is 8.28. The Morgan fingerprint density at radius 2 is 1.71 bits per heavy atom. The molecule has 0 aromatic carbocycles. The van der Waals surface area contributed by atoms with Crippen molar-refractivity contribution in [3.05, 3.63) is 0 Å². The van der Waals surface area contributed by atoms with Gasteiger partial charge in [0.25, 0.3) is 0 Å². The molecule has 0 spiro atoms. The van der Waals surface area contributed by atoms with Gasteiger partial charge in [0.15, 0.2) is 0 Å². The molecule has 0 aliphatic carbocycles. The highest BCUT2D eigenvalue weighted by molar-refractivity contribution is 6.03. The number of hydrogen-bond donors (Lipinski definition) is 0. The maximum absolute atomic E-state index is 12.1. The Morgan fingerprint density at radius 3 is 2.25 bits per heavy atom. The first-order valence-corrected chi connectivity index (χ1v) is 8.70. The summed E-state index contributed by atoms with van der Waals surface area (Å²) in [6, 6.07) is 0. The van der Waals surface area contributed by atoms with E-state index in [9.17, 15) is 19.2 Å². The smallest absolute Gasteiger partial charge is 0.233 e. The van der Waals surface area contributed by atoms with Crippen molar-refractivity contribution >= 4 is 23.4 Å². The van der Waals surface area contributed by atoms with Gasteiger partial charge in [-0.3, -0.25) is 24.1 Å². The van der Waals surface area contributed by atoms with Crippen molar-refractivity contribution in [2.45, 2.75) is 53.4 Å². The van der Waals surface area contributed by atoms with Crippen LogP contribution in [0.5, 0.6) is 0 Å². The Kier molecular flexibility index (Phi) is 8.25. The normalized spacial score (nSPS) is 18.1. The van der Waals surface area contributed by atoms with E-state index in [-0.39, 0.29) is 73.5 Å². The lowest BCUT2D eigenvalue weighted by atomic mass is 9.94. The van der Waals surface area contributed by atoms with Crippen molar-refractivity contribution < 1.29 is 23.9 Å². The van der Waals surface area contributed by atoms with Gasteiger partial charge in [0.2, 0.25) is 11.8 Å². The summed E-state index contributed by atoms with van der Waals surface area (Å²) in [5.41, 5.74) is 0. The molecule has 0 aromatic rings. The highest BCUT2D eigenvalue weighted by Gasteiger charge is 2.39. The number of nitrogens with zero attached hydrogens (tertiary/aromatic N) is 1. The standard InChI is InChI=1S/C18H29NO5/c1-12(2)15-11-17(22)19(18(15)23)8-5-14(20)6-9-24-10-7-16(21)13(3)4/h12-13,15H,5-11H2,1-4H3. The van der Waals surface area contributed by atoms with E-state index in [0.29, 0.717) is 13.0 Å². The minimum Gasteiger partial charge on any atom is -0.381 e. The number of hydrogen-bond acceptors (Lipinski definition) is 5. The third-order valence-electron chi connectivity index (χ3n) is 4.36. The fourth-order valence-electron chi connectivity index (χ4n) is 2.58. The summed E-state index contributed by atoms with van der Waals surface area (Å²) in [4.78, 5) is 48.5.